The fraction of sp³-hybridized carbons (Fsp3) is 0.500. The van der Waals surface area contributed by atoms with Crippen LogP contribution in [0.25, 0.3) is 0 Å². The number of carbonyl (C=O) groups excluding carboxylic acids is 1. The van der Waals surface area contributed by atoms with Crippen LogP contribution in [0.1, 0.15) is 30.6 Å². The van der Waals surface area contributed by atoms with Gasteiger partial charge in [-0.25, -0.2) is 0 Å². The molecule has 1 aromatic heterocycles. The molecule has 5 heteroatoms. The zero-order chi connectivity index (χ0) is 13.0. The van der Waals surface area contributed by atoms with Crippen LogP contribution in [0.5, 0.6) is 0 Å². The number of aromatic nitrogens is 1. The first kappa shape index (κ1) is 13.4. The van der Waals surface area contributed by atoms with E-state index >= 15 is 0 Å². The Morgan fingerprint density at radius 3 is 2.71 bits per heavy atom. The summed E-state index contributed by atoms with van der Waals surface area (Å²) >= 11 is 0. The molecule has 0 radical (unpaired) electrons. The predicted octanol–water partition coefficient (Wildman–Crippen LogP) is 0.274. The van der Waals surface area contributed by atoms with Crippen molar-refractivity contribution in [2.75, 3.05) is 0 Å². The minimum Gasteiger partial charge on any atom is -0.393 e. The summed E-state index contributed by atoms with van der Waals surface area (Å²) in [6.07, 6.45) is 1.57. The number of nitrogens with zero attached hydrogens (tertiary/aromatic N) is 1. The van der Waals surface area contributed by atoms with Gasteiger partial charge in [0.25, 0.3) is 11.5 Å². The highest BCUT2D eigenvalue weighted by molar-refractivity contribution is 5.94. The van der Waals surface area contributed by atoms with Crippen LogP contribution in [0, 0.1) is 0 Å². The Morgan fingerprint density at radius 2 is 2.18 bits per heavy atom. The second-order valence-electron chi connectivity index (χ2n) is 4.32. The molecule has 2 N–H and O–H groups in total. The van der Waals surface area contributed by atoms with Gasteiger partial charge in [-0.3, -0.25) is 9.59 Å². The Labute approximate surface area is 100 Å². The monoisotopic (exact) mass is 238 g/mol. The molecule has 2 atom stereocenters. The van der Waals surface area contributed by atoms with Gasteiger partial charge in [-0.15, -0.1) is 0 Å². The standard InChI is InChI=1S/C12H18N2O3/c1-8(6-9(2)15)13-12(17)10-4-5-14(3)11(16)7-10/h4-5,7-9,15H,6H2,1-3H3,(H,13,17). The van der Waals surface area contributed by atoms with Gasteiger partial charge in [0.1, 0.15) is 0 Å². The molecule has 0 aromatic carbocycles. The van der Waals surface area contributed by atoms with E-state index < -0.39 is 6.10 Å². The second kappa shape index (κ2) is 5.63. The van der Waals surface area contributed by atoms with E-state index in [1.807, 2.05) is 6.92 Å². The summed E-state index contributed by atoms with van der Waals surface area (Å²) in [4.78, 5) is 23.1. The van der Waals surface area contributed by atoms with Crippen LogP contribution in [0.3, 0.4) is 0 Å². The topological polar surface area (TPSA) is 71.3 Å². The van der Waals surface area contributed by atoms with E-state index in [4.69, 9.17) is 0 Å². The fourth-order valence-electron chi connectivity index (χ4n) is 1.57. The highest BCUT2D eigenvalue weighted by Crippen LogP contribution is 2.00. The predicted molar refractivity (Wildman–Crippen MR) is 64.9 cm³/mol. The highest BCUT2D eigenvalue weighted by Gasteiger charge is 2.12. The van der Waals surface area contributed by atoms with Crippen LogP contribution in [-0.2, 0) is 7.05 Å². The molecule has 0 fully saturated rings. The molecule has 2 unspecified atom stereocenters. The van der Waals surface area contributed by atoms with Crippen LogP contribution in [0.2, 0.25) is 0 Å². The lowest BCUT2D eigenvalue weighted by Gasteiger charge is -2.15. The van der Waals surface area contributed by atoms with Crippen LogP contribution >= 0.6 is 0 Å². The second-order valence-corrected chi connectivity index (χ2v) is 4.32. The molecule has 0 aliphatic carbocycles. The Hall–Kier alpha value is -1.62. The first-order chi connectivity index (χ1) is 7.90. The minimum absolute atomic E-state index is 0.133. The van der Waals surface area contributed by atoms with Gasteiger partial charge < -0.3 is 15.0 Å². The number of aliphatic hydroxyl groups is 1. The summed E-state index contributed by atoms with van der Waals surface area (Å²) in [6, 6.07) is 2.75. The third-order valence-electron chi connectivity index (χ3n) is 2.44. The lowest BCUT2D eigenvalue weighted by Crippen LogP contribution is -2.35. The van der Waals surface area contributed by atoms with Crippen molar-refractivity contribution < 1.29 is 9.90 Å². The molecule has 1 aromatic rings. The van der Waals surface area contributed by atoms with Crippen molar-refractivity contribution in [1.82, 2.24) is 9.88 Å². The number of pyridine rings is 1. The number of hydrogen-bond donors (Lipinski definition) is 2. The molecule has 0 spiro atoms. The zero-order valence-corrected chi connectivity index (χ0v) is 10.3. The smallest absolute Gasteiger partial charge is 0.251 e. The third-order valence-corrected chi connectivity index (χ3v) is 2.44. The maximum atomic E-state index is 11.8. The average molecular weight is 238 g/mol. The van der Waals surface area contributed by atoms with Gasteiger partial charge in [-0.1, -0.05) is 0 Å². The SMILES string of the molecule is CC(O)CC(C)NC(=O)c1ccn(C)c(=O)c1. The van der Waals surface area contributed by atoms with E-state index in [1.54, 1.807) is 26.2 Å². The summed E-state index contributed by atoms with van der Waals surface area (Å²) in [7, 11) is 1.63. The summed E-state index contributed by atoms with van der Waals surface area (Å²) < 4.78 is 1.40. The van der Waals surface area contributed by atoms with Gasteiger partial charge in [0.05, 0.1) is 6.10 Å². The number of nitrogens with one attached hydrogen (secondary N) is 1. The number of aryl methyl sites for hydroxylation is 1. The molecule has 94 valence electrons. The molecule has 1 rings (SSSR count). The molecule has 0 saturated carbocycles. The molecule has 5 nitrogen and oxygen atoms in total. The average Bonchev–Trinajstić information content (AvgIpc) is 2.20. The van der Waals surface area contributed by atoms with Crippen LogP contribution in [0.4, 0.5) is 0 Å². The van der Waals surface area contributed by atoms with Crippen molar-refractivity contribution >= 4 is 5.91 Å². The number of amides is 1. The Balaban J connectivity index is 2.70. The molecule has 1 amide bonds. The van der Waals surface area contributed by atoms with E-state index in [9.17, 15) is 14.7 Å². The summed E-state index contributed by atoms with van der Waals surface area (Å²) in [6.45, 7) is 3.48. The van der Waals surface area contributed by atoms with Crippen molar-refractivity contribution in [2.45, 2.75) is 32.4 Å². The van der Waals surface area contributed by atoms with Gasteiger partial charge in [0, 0.05) is 30.9 Å². The Morgan fingerprint density at radius 1 is 1.53 bits per heavy atom. The Bertz CT molecular complexity index is 451. The van der Waals surface area contributed by atoms with E-state index in [-0.39, 0.29) is 17.5 Å². The van der Waals surface area contributed by atoms with Crippen molar-refractivity contribution in [3.05, 3.63) is 34.2 Å². The van der Waals surface area contributed by atoms with E-state index in [1.165, 1.54) is 10.6 Å². The molecule has 0 saturated heterocycles. The van der Waals surface area contributed by atoms with E-state index in [2.05, 4.69) is 5.32 Å². The van der Waals surface area contributed by atoms with Crippen molar-refractivity contribution in [3.8, 4) is 0 Å². The van der Waals surface area contributed by atoms with Crippen LogP contribution < -0.4 is 10.9 Å². The largest absolute Gasteiger partial charge is 0.393 e. The lowest BCUT2D eigenvalue weighted by molar-refractivity contribution is 0.0922. The van der Waals surface area contributed by atoms with Crippen molar-refractivity contribution in [3.63, 3.8) is 0 Å². The van der Waals surface area contributed by atoms with Crippen LogP contribution in [-0.4, -0.2) is 27.7 Å². The summed E-state index contributed by atoms with van der Waals surface area (Å²) in [5.41, 5.74) is 0.117. The first-order valence-corrected chi connectivity index (χ1v) is 5.55. The number of carbonyl (C=O) groups is 1. The quantitative estimate of drug-likeness (QED) is 0.791. The number of hydrogen-bond acceptors (Lipinski definition) is 3. The van der Waals surface area contributed by atoms with Gasteiger partial charge in [0.2, 0.25) is 0 Å². The van der Waals surface area contributed by atoms with Crippen LogP contribution in [0.15, 0.2) is 23.1 Å². The summed E-state index contributed by atoms with van der Waals surface area (Å²) in [5, 5.41) is 11.9. The van der Waals surface area contributed by atoms with Crippen molar-refractivity contribution in [1.29, 1.82) is 0 Å². The van der Waals surface area contributed by atoms with E-state index in [0.29, 0.717) is 12.0 Å². The van der Waals surface area contributed by atoms with Crippen molar-refractivity contribution in [2.24, 2.45) is 7.05 Å². The number of rotatable bonds is 4. The lowest BCUT2D eigenvalue weighted by atomic mass is 10.1. The molecule has 0 aliphatic heterocycles. The van der Waals surface area contributed by atoms with E-state index in [0.717, 1.165) is 0 Å². The maximum Gasteiger partial charge on any atom is 0.251 e. The van der Waals surface area contributed by atoms with Gasteiger partial charge in [-0.05, 0) is 26.3 Å². The molecular weight excluding hydrogens is 220 g/mol. The number of aliphatic hydroxyl groups excluding tert-OH is 1. The molecule has 1 heterocycles. The van der Waals surface area contributed by atoms with Gasteiger partial charge >= 0.3 is 0 Å². The molecular formula is C12H18N2O3. The molecule has 0 bridgehead atoms. The van der Waals surface area contributed by atoms with Gasteiger partial charge in [-0.2, -0.15) is 0 Å². The Kier molecular flexibility index (Phi) is 4.45. The molecule has 17 heavy (non-hydrogen) atoms. The summed E-state index contributed by atoms with van der Waals surface area (Å²) in [5.74, 6) is -0.296. The minimum atomic E-state index is -0.464. The first-order valence-electron chi connectivity index (χ1n) is 5.55. The fourth-order valence-corrected chi connectivity index (χ4v) is 1.57. The van der Waals surface area contributed by atoms with Gasteiger partial charge in [0.15, 0.2) is 0 Å². The molecule has 0 aliphatic rings. The third kappa shape index (κ3) is 4.03. The zero-order valence-electron chi connectivity index (χ0n) is 10.3. The maximum absolute atomic E-state index is 11.8. The normalized spacial score (nSPS) is 14.1. The highest BCUT2D eigenvalue weighted by atomic mass is 16.3.